The smallest absolute Gasteiger partial charge is 0.228 e. The Balaban J connectivity index is 1.55. The Bertz CT molecular complexity index is 599. The van der Waals surface area contributed by atoms with Gasteiger partial charge in [0.25, 0.3) is 0 Å². The van der Waals surface area contributed by atoms with Crippen LogP contribution in [0.25, 0.3) is 0 Å². The molecule has 0 aliphatic carbocycles. The van der Waals surface area contributed by atoms with Crippen molar-refractivity contribution >= 4 is 17.6 Å². The summed E-state index contributed by atoms with van der Waals surface area (Å²) >= 11 is 0. The number of nitrogens with one attached hydrogen (secondary N) is 1. The zero-order valence-corrected chi connectivity index (χ0v) is 15.1. The number of nitrogens with zero attached hydrogens (tertiary/aromatic N) is 3. The molecule has 0 saturated carbocycles. The second-order valence-corrected chi connectivity index (χ2v) is 7.42. The minimum atomic E-state index is 0.0191. The van der Waals surface area contributed by atoms with Crippen molar-refractivity contribution in [2.45, 2.75) is 45.6 Å². The van der Waals surface area contributed by atoms with Crippen molar-refractivity contribution in [3.05, 3.63) is 12.3 Å². The Hall–Kier alpha value is -1.89. The molecule has 2 saturated heterocycles. The second kappa shape index (κ2) is 7.99. The molecule has 2 fully saturated rings. The zero-order valence-electron chi connectivity index (χ0n) is 15.1. The van der Waals surface area contributed by atoms with Gasteiger partial charge in [-0.25, -0.2) is 4.68 Å². The number of aromatic nitrogens is 2. The third-order valence-electron chi connectivity index (χ3n) is 4.93. The van der Waals surface area contributed by atoms with Crippen molar-refractivity contribution in [1.29, 1.82) is 0 Å². The predicted octanol–water partition coefficient (Wildman–Crippen LogP) is 2.07. The molecule has 1 atom stereocenters. The van der Waals surface area contributed by atoms with Gasteiger partial charge < -0.3 is 15.0 Å². The summed E-state index contributed by atoms with van der Waals surface area (Å²) in [7, 11) is 0. The van der Waals surface area contributed by atoms with Crippen LogP contribution >= 0.6 is 0 Å². The van der Waals surface area contributed by atoms with Crippen molar-refractivity contribution in [1.82, 2.24) is 14.7 Å². The van der Waals surface area contributed by atoms with Crippen molar-refractivity contribution in [3.63, 3.8) is 0 Å². The Kier molecular flexibility index (Phi) is 5.73. The lowest BCUT2D eigenvalue weighted by molar-refractivity contribution is -0.136. The molecule has 2 amide bonds. The lowest BCUT2D eigenvalue weighted by Crippen LogP contribution is -2.42. The summed E-state index contributed by atoms with van der Waals surface area (Å²) in [5.74, 6) is 1.35. The molecule has 1 N–H and O–H groups in total. The first-order valence-electron chi connectivity index (χ1n) is 9.24. The van der Waals surface area contributed by atoms with Crippen molar-refractivity contribution in [2.75, 3.05) is 31.6 Å². The summed E-state index contributed by atoms with van der Waals surface area (Å²) in [4.78, 5) is 26.5. The Morgan fingerprint density at radius 3 is 2.72 bits per heavy atom. The summed E-state index contributed by atoms with van der Waals surface area (Å²) in [6.45, 7) is 6.78. The molecule has 3 heterocycles. The molecule has 0 aromatic carbocycles. The topological polar surface area (TPSA) is 76.5 Å². The molecule has 0 spiro atoms. The number of carbonyl (C=O) groups excluding carboxylic acids is 2. The fourth-order valence-electron chi connectivity index (χ4n) is 3.59. The highest BCUT2D eigenvalue weighted by atomic mass is 16.5. The average molecular weight is 348 g/mol. The molecule has 3 rings (SSSR count). The van der Waals surface area contributed by atoms with Crippen LogP contribution in [-0.2, 0) is 14.3 Å². The van der Waals surface area contributed by atoms with E-state index in [0.29, 0.717) is 25.6 Å². The highest BCUT2D eigenvalue weighted by Crippen LogP contribution is 2.27. The van der Waals surface area contributed by atoms with Crippen LogP contribution in [0.3, 0.4) is 0 Å². The number of amides is 2. The third-order valence-corrected chi connectivity index (χ3v) is 4.93. The minimum Gasteiger partial charge on any atom is -0.381 e. The molecule has 1 aromatic heterocycles. The van der Waals surface area contributed by atoms with Crippen LogP contribution in [0.15, 0.2) is 12.3 Å². The van der Waals surface area contributed by atoms with Crippen molar-refractivity contribution in [2.24, 2.45) is 11.8 Å². The van der Waals surface area contributed by atoms with E-state index >= 15 is 0 Å². The normalized spacial score (nSPS) is 21.7. The summed E-state index contributed by atoms with van der Waals surface area (Å²) in [6, 6.07) is 2.05. The Morgan fingerprint density at radius 1 is 1.32 bits per heavy atom. The van der Waals surface area contributed by atoms with Gasteiger partial charge in [0.1, 0.15) is 5.82 Å². The first-order valence-corrected chi connectivity index (χ1v) is 9.24. The van der Waals surface area contributed by atoms with Crippen molar-refractivity contribution < 1.29 is 14.3 Å². The van der Waals surface area contributed by atoms with E-state index in [4.69, 9.17) is 4.74 Å². The molecule has 138 valence electrons. The van der Waals surface area contributed by atoms with Gasteiger partial charge in [-0.05, 0) is 25.2 Å². The summed E-state index contributed by atoms with van der Waals surface area (Å²) in [6.07, 6.45) is 4.77. The van der Waals surface area contributed by atoms with E-state index in [2.05, 4.69) is 10.4 Å². The van der Waals surface area contributed by atoms with Crippen LogP contribution in [0.5, 0.6) is 0 Å². The number of carbonyl (C=O) groups is 2. The quantitative estimate of drug-likeness (QED) is 0.884. The maximum absolute atomic E-state index is 12.5. The van der Waals surface area contributed by atoms with Crippen LogP contribution in [0.4, 0.5) is 5.82 Å². The van der Waals surface area contributed by atoms with E-state index in [1.807, 2.05) is 29.5 Å². The first kappa shape index (κ1) is 17.9. The molecule has 25 heavy (non-hydrogen) atoms. The first-order chi connectivity index (χ1) is 12.0. The van der Waals surface area contributed by atoms with E-state index in [9.17, 15) is 9.59 Å². The van der Waals surface area contributed by atoms with Gasteiger partial charge in [0.05, 0.1) is 24.8 Å². The summed E-state index contributed by atoms with van der Waals surface area (Å²) < 4.78 is 7.23. The Labute approximate surface area is 148 Å². The fourth-order valence-corrected chi connectivity index (χ4v) is 3.59. The van der Waals surface area contributed by atoms with E-state index in [-0.39, 0.29) is 23.8 Å². The molecule has 2 aliphatic rings. The van der Waals surface area contributed by atoms with Crippen LogP contribution in [-0.4, -0.2) is 52.8 Å². The highest BCUT2D eigenvalue weighted by molar-refractivity contribution is 5.89. The Morgan fingerprint density at radius 2 is 2.08 bits per heavy atom. The maximum atomic E-state index is 12.5. The lowest BCUT2D eigenvalue weighted by atomic mass is 10.0. The van der Waals surface area contributed by atoms with Gasteiger partial charge in [-0.1, -0.05) is 13.8 Å². The number of piperidine rings is 1. The lowest BCUT2D eigenvalue weighted by Gasteiger charge is -2.34. The molecule has 7 heteroatoms. The number of hydrogen-bond acceptors (Lipinski definition) is 4. The molecular formula is C18H28N4O3. The van der Waals surface area contributed by atoms with Crippen LogP contribution in [0.1, 0.15) is 45.6 Å². The molecule has 1 aromatic rings. The monoisotopic (exact) mass is 348 g/mol. The van der Waals surface area contributed by atoms with Gasteiger partial charge in [0, 0.05) is 32.2 Å². The molecular weight excluding hydrogens is 320 g/mol. The molecule has 2 aliphatic heterocycles. The summed E-state index contributed by atoms with van der Waals surface area (Å²) in [5, 5.41) is 7.36. The van der Waals surface area contributed by atoms with Crippen LogP contribution in [0, 0.1) is 11.8 Å². The number of ether oxygens (including phenoxy) is 1. The molecule has 0 bridgehead atoms. The number of rotatable bonds is 5. The summed E-state index contributed by atoms with van der Waals surface area (Å²) in [5.41, 5.74) is 0. The molecule has 1 unspecified atom stereocenters. The maximum Gasteiger partial charge on any atom is 0.228 e. The van der Waals surface area contributed by atoms with Gasteiger partial charge in [-0.2, -0.15) is 5.10 Å². The number of hydrogen-bond donors (Lipinski definition) is 1. The minimum absolute atomic E-state index is 0.0191. The number of likely N-dealkylation sites (tertiary alicyclic amines) is 1. The van der Waals surface area contributed by atoms with Gasteiger partial charge in [-0.15, -0.1) is 0 Å². The van der Waals surface area contributed by atoms with Gasteiger partial charge >= 0.3 is 0 Å². The fraction of sp³-hybridized carbons (Fsp3) is 0.722. The van der Waals surface area contributed by atoms with E-state index < -0.39 is 0 Å². The average Bonchev–Trinajstić information content (AvgIpc) is 3.25. The second-order valence-electron chi connectivity index (χ2n) is 7.42. The van der Waals surface area contributed by atoms with E-state index in [1.165, 1.54) is 0 Å². The van der Waals surface area contributed by atoms with E-state index in [0.717, 1.165) is 38.2 Å². The standard InChI is InChI=1S/C18H28N4O3/c1-13(2)11-17(23)20-16-3-7-19-22(16)15-4-8-21(9-5-15)18(24)14-6-10-25-12-14/h3,7,13-15H,4-6,8-12H2,1-2H3,(H,20,23). The van der Waals surface area contributed by atoms with Gasteiger partial charge in [0.15, 0.2) is 0 Å². The largest absolute Gasteiger partial charge is 0.381 e. The van der Waals surface area contributed by atoms with Crippen LogP contribution in [0.2, 0.25) is 0 Å². The van der Waals surface area contributed by atoms with Gasteiger partial charge in [0.2, 0.25) is 11.8 Å². The predicted molar refractivity (Wildman–Crippen MR) is 94.1 cm³/mol. The van der Waals surface area contributed by atoms with E-state index in [1.54, 1.807) is 6.20 Å². The van der Waals surface area contributed by atoms with Gasteiger partial charge in [-0.3, -0.25) is 9.59 Å². The number of anilines is 1. The molecule has 0 radical (unpaired) electrons. The highest BCUT2D eigenvalue weighted by Gasteiger charge is 2.31. The third kappa shape index (κ3) is 4.39. The van der Waals surface area contributed by atoms with Crippen molar-refractivity contribution in [3.8, 4) is 0 Å². The van der Waals surface area contributed by atoms with Crippen LogP contribution < -0.4 is 5.32 Å². The SMILES string of the molecule is CC(C)CC(=O)Nc1ccnn1C1CCN(C(=O)C2CCOC2)CC1. The molecule has 7 nitrogen and oxygen atoms in total. The zero-order chi connectivity index (χ0) is 17.8.